The SMILES string of the molecule is COC(=O)c1cccc(C(=O)NC(CC(=O)OC(C)C)c2ccc(C)cc2)c1. The molecule has 0 aliphatic carbocycles. The molecule has 0 aliphatic rings. The van der Waals surface area contributed by atoms with Crippen LogP contribution in [0.2, 0.25) is 0 Å². The van der Waals surface area contributed by atoms with Crippen molar-refractivity contribution in [2.75, 3.05) is 7.11 Å². The van der Waals surface area contributed by atoms with Crippen molar-refractivity contribution in [3.8, 4) is 0 Å². The van der Waals surface area contributed by atoms with Gasteiger partial charge in [-0.2, -0.15) is 0 Å². The number of ether oxygens (including phenoxy) is 2. The number of aryl methyl sites for hydroxylation is 1. The van der Waals surface area contributed by atoms with E-state index in [0.717, 1.165) is 11.1 Å². The molecule has 0 radical (unpaired) electrons. The Balaban J connectivity index is 2.23. The zero-order chi connectivity index (χ0) is 20.7. The first-order valence-electron chi connectivity index (χ1n) is 9.05. The van der Waals surface area contributed by atoms with Crippen LogP contribution in [0.25, 0.3) is 0 Å². The Morgan fingerprint density at radius 3 is 2.25 bits per heavy atom. The van der Waals surface area contributed by atoms with E-state index in [0.29, 0.717) is 5.56 Å². The minimum absolute atomic E-state index is 0.00364. The molecule has 1 atom stereocenters. The van der Waals surface area contributed by atoms with Gasteiger partial charge in [-0.25, -0.2) is 4.79 Å². The van der Waals surface area contributed by atoms with Gasteiger partial charge in [-0.1, -0.05) is 35.9 Å². The van der Waals surface area contributed by atoms with E-state index in [-0.39, 0.29) is 18.1 Å². The van der Waals surface area contributed by atoms with Gasteiger partial charge in [0.1, 0.15) is 0 Å². The lowest BCUT2D eigenvalue weighted by atomic mass is 10.0. The monoisotopic (exact) mass is 383 g/mol. The molecule has 1 amide bonds. The topological polar surface area (TPSA) is 81.7 Å². The maximum absolute atomic E-state index is 12.7. The Morgan fingerprint density at radius 2 is 1.64 bits per heavy atom. The lowest BCUT2D eigenvalue weighted by molar-refractivity contribution is -0.147. The van der Waals surface area contributed by atoms with Crippen molar-refractivity contribution in [2.45, 2.75) is 39.3 Å². The lowest BCUT2D eigenvalue weighted by Crippen LogP contribution is -2.31. The lowest BCUT2D eigenvalue weighted by Gasteiger charge is -2.20. The predicted octanol–water partition coefficient (Wildman–Crippen LogP) is 3.59. The number of carbonyl (C=O) groups is 3. The maximum atomic E-state index is 12.7. The number of amides is 1. The van der Waals surface area contributed by atoms with Crippen molar-refractivity contribution in [1.29, 1.82) is 0 Å². The third kappa shape index (κ3) is 5.94. The second kappa shape index (κ2) is 9.69. The van der Waals surface area contributed by atoms with Gasteiger partial charge >= 0.3 is 11.9 Å². The van der Waals surface area contributed by atoms with E-state index in [9.17, 15) is 14.4 Å². The van der Waals surface area contributed by atoms with E-state index >= 15 is 0 Å². The van der Waals surface area contributed by atoms with Crippen molar-refractivity contribution in [3.05, 3.63) is 70.8 Å². The molecule has 1 N–H and O–H groups in total. The van der Waals surface area contributed by atoms with Crippen LogP contribution in [0.3, 0.4) is 0 Å². The van der Waals surface area contributed by atoms with Crippen molar-refractivity contribution >= 4 is 17.8 Å². The number of esters is 2. The summed E-state index contributed by atoms with van der Waals surface area (Å²) in [6.07, 6.45) is -0.234. The number of hydrogen-bond donors (Lipinski definition) is 1. The van der Waals surface area contributed by atoms with Crippen molar-refractivity contribution in [3.63, 3.8) is 0 Å². The number of rotatable bonds is 7. The smallest absolute Gasteiger partial charge is 0.337 e. The molecule has 0 aromatic heterocycles. The molecule has 0 heterocycles. The van der Waals surface area contributed by atoms with Gasteiger partial charge in [0.15, 0.2) is 0 Å². The Labute approximate surface area is 164 Å². The molecule has 1 unspecified atom stereocenters. The Kier molecular flexibility index (Phi) is 7.32. The third-order valence-electron chi connectivity index (χ3n) is 4.07. The summed E-state index contributed by atoms with van der Waals surface area (Å²) in [5.74, 6) is -1.32. The summed E-state index contributed by atoms with van der Waals surface area (Å²) in [6.45, 7) is 5.51. The fourth-order valence-electron chi connectivity index (χ4n) is 2.68. The van der Waals surface area contributed by atoms with E-state index in [4.69, 9.17) is 9.47 Å². The molecule has 0 saturated carbocycles. The molecule has 28 heavy (non-hydrogen) atoms. The number of methoxy groups -OCH3 is 1. The van der Waals surface area contributed by atoms with Crippen LogP contribution >= 0.6 is 0 Å². The average Bonchev–Trinajstić information content (AvgIpc) is 2.66. The molecule has 0 aliphatic heterocycles. The number of hydrogen-bond acceptors (Lipinski definition) is 5. The molecule has 148 valence electrons. The van der Waals surface area contributed by atoms with Crippen LogP contribution in [-0.4, -0.2) is 31.1 Å². The van der Waals surface area contributed by atoms with Gasteiger partial charge in [0.05, 0.1) is 31.2 Å². The number of nitrogens with one attached hydrogen (secondary N) is 1. The van der Waals surface area contributed by atoms with Crippen LogP contribution in [0, 0.1) is 6.92 Å². The molecule has 2 aromatic rings. The predicted molar refractivity (Wildman–Crippen MR) is 105 cm³/mol. The van der Waals surface area contributed by atoms with Gasteiger partial charge in [0.25, 0.3) is 5.91 Å². The van der Waals surface area contributed by atoms with Crippen LogP contribution in [0.4, 0.5) is 0 Å². The van der Waals surface area contributed by atoms with Crippen LogP contribution in [0.5, 0.6) is 0 Å². The van der Waals surface area contributed by atoms with E-state index in [1.807, 2.05) is 31.2 Å². The molecule has 0 bridgehead atoms. The summed E-state index contributed by atoms with van der Waals surface area (Å²) in [6, 6.07) is 13.2. The van der Waals surface area contributed by atoms with Crippen molar-refractivity contribution in [1.82, 2.24) is 5.32 Å². The first kappa shape index (κ1) is 21.2. The number of carbonyl (C=O) groups excluding carboxylic acids is 3. The van der Waals surface area contributed by atoms with Crippen LogP contribution in [0.1, 0.15) is 58.2 Å². The summed E-state index contributed by atoms with van der Waals surface area (Å²) in [5, 5.41) is 2.87. The van der Waals surface area contributed by atoms with E-state index in [2.05, 4.69) is 5.32 Å². The maximum Gasteiger partial charge on any atom is 0.337 e. The van der Waals surface area contributed by atoms with Gasteiger partial charge in [-0.3, -0.25) is 9.59 Å². The standard InChI is InChI=1S/C22H25NO5/c1-14(2)28-20(24)13-19(16-10-8-15(3)9-11-16)23-21(25)17-6-5-7-18(12-17)22(26)27-4/h5-12,14,19H,13H2,1-4H3,(H,23,25). The van der Waals surface area contributed by atoms with E-state index in [1.165, 1.54) is 13.2 Å². The number of benzene rings is 2. The minimum Gasteiger partial charge on any atom is -0.465 e. The van der Waals surface area contributed by atoms with Gasteiger partial charge in [-0.05, 0) is 44.5 Å². The quantitative estimate of drug-likeness (QED) is 0.739. The van der Waals surface area contributed by atoms with Gasteiger partial charge in [0.2, 0.25) is 0 Å². The van der Waals surface area contributed by atoms with Crippen molar-refractivity contribution in [2.24, 2.45) is 0 Å². The zero-order valence-electron chi connectivity index (χ0n) is 16.5. The molecule has 6 heteroatoms. The average molecular weight is 383 g/mol. The second-order valence-corrected chi connectivity index (χ2v) is 6.75. The second-order valence-electron chi connectivity index (χ2n) is 6.75. The summed E-state index contributed by atoms with van der Waals surface area (Å²) < 4.78 is 9.92. The molecular weight excluding hydrogens is 358 g/mol. The van der Waals surface area contributed by atoms with Crippen molar-refractivity contribution < 1.29 is 23.9 Å². The molecule has 0 saturated heterocycles. The van der Waals surface area contributed by atoms with Gasteiger partial charge < -0.3 is 14.8 Å². The van der Waals surface area contributed by atoms with Crippen LogP contribution in [-0.2, 0) is 14.3 Å². The highest BCUT2D eigenvalue weighted by Gasteiger charge is 2.21. The zero-order valence-corrected chi connectivity index (χ0v) is 16.5. The molecule has 6 nitrogen and oxygen atoms in total. The first-order valence-corrected chi connectivity index (χ1v) is 9.05. The van der Waals surface area contributed by atoms with Crippen LogP contribution in [0.15, 0.2) is 48.5 Å². The highest BCUT2D eigenvalue weighted by Crippen LogP contribution is 2.20. The molecular formula is C22H25NO5. The molecule has 2 rings (SSSR count). The largest absolute Gasteiger partial charge is 0.465 e. The summed E-state index contributed by atoms with van der Waals surface area (Å²) in [7, 11) is 1.28. The normalized spacial score (nSPS) is 11.6. The molecule has 0 fully saturated rings. The Hall–Kier alpha value is -3.15. The Bertz CT molecular complexity index is 842. The highest BCUT2D eigenvalue weighted by molar-refractivity contribution is 5.98. The Morgan fingerprint density at radius 1 is 1.00 bits per heavy atom. The fourth-order valence-corrected chi connectivity index (χ4v) is 2.68. The summed E-state index contributed by atoms with van der Waals surface area (Å²) in [5.41, 5.74) is 2.45. The fraction of sp³-hybridized carbons (Fsp3) is 0.318. The van der Waals surface area contributed by atoms with Gasteiger partial charge in [-0.15, -0.1) is 0 Å². The summed E-state index contributed by atoms with van der Waals surface area (Å²) >= 11 is 0. The van der Waals surface area contributed by atoms with E-state index < -0.39 is 23.9 Å². The minimum atomic E-state index is -0.555. The highest BCUT2D eigenvalue weighted by atomic mass is 16.5. The third-order valence-corrected chi connectivity index (χ3v) is 4.07. The summed E-state index contributed by atoms with van der Waals surface area (Å²) in [4.78, 5) is 36.6. The van der Waals surface area contributed by atoms with Gasteiger partial charge in [0, 0.05) is 5.56 Å². The molecule has 0 spiro atoms. The van der Waals surface area contributed by atoms with E-state index in [1.54, 1.807) is 32.0 Å². The van der Waals surface area contributed by atoms with Crippen LogP contribution < -0.4 is 5.32 Å². The first-order chi connectivity index (χ1) is 13.3. The molecule has 2 aromatic carbocycles.